The zero-order valence-electron chi connectivity index (χ0n) is 11.3. The second kappa shape index (κ2) is 4.22. The third kappa shape index (κ3) is 1.63. The molecule has 1 N–H and O–H groups in total. The van der Waals surface area contributed by atoms with E-state index in [1.54, 1.807) is 0 Å². The molecule has 2 atom stereocenters. The molecule has 0 radical (unpaired) electrons. The molecular formula is C15H24O3. The number of hydrogen-bond acceptors (Lipinski definition) is 3. The lowest BCUT2D eigenvalue weighted by atomic mass is 9.52. The number of carbonyl (C=O) groups excluding carboxylic acids is 1. The van der Waals surface area contributed by atoms with Crippen LogP contribution < -0.4 is 0 Å². The van der Waals surface area contributed by atoms with E-state index in [9.17, 15) is 9.90 Å². The Morgan fingerprint density at radius 3 is 2.28 bits per heavy atom. The Balaban J connectivity index is 1.93. The fraction of sp³-hybridized carbons (Fsp3) is 0.933. The molecule has 2 unspecified atom stereocenters. The molecule has 0 amide bonds. The molecule has 0 aromatic rings. The third-order valence-corrected chi connectivity index (χ3v) is 5.87. The van der Waals surface area contributed by atoms with Gasteiger partial charge >= 0.3 is 5.97 Å². The highest BCUT2D eigenvalue weighted by molar-refractivity contribution is 5.77. The first-order valence-corrected chi connectivity index (χ1v) is 7.48. The second-order valence-electron chi connectivity index (χ2n) is 6.72. The van der Waals surface area contributed by atoms with Crippen molar-refractivity contribution in [2.75, 3.05) is 0 Å². The molecule has 2 saturated carbocycles. The average molecular weight is 252 g/mol. The average Bonchev–Trinajstić information content (AvgIpc) is 2.64. The van der Waals surface area contributed by atoms with Crippen LogP contribution in [0.4, 0.5) is 0 Å². The van der Waals surface area contributed by atoms with Crippen molar-refractivity contribution in [1.82, 2.24) is 0 Å². The van der Waals surface area contributed by atoms with Crippen LogP contribution >= 0.6 is 0 Å². The van der Waals surface area contributed by atoms with E-state index in [1.807, 2.05) is 0 Å². The maximum Gasteiger partial charge on any atom is 0.335 e. The maximum atomic E-state index is 11.6. The molecular weight excluding hydrogens is 228 g/mol. The van der Waals surface area contributed by atoms with Crippen molar-refractivity contribution in [3.8, 4) is 0 Å². The van der Waals surface area contributed by atoms with Gasteiger partial charge in [-0.15, -0.1) is 0 Å². The molecule has 0 aromatic carbocycles. The normalized spacial score (nSPS) is 48.7. The Morgan fingerprint density at radius 2 is 1.78 bits per heavy atom. The predicted octanol–water partition coefficient (Wildman–Crippen LogP) is 2.80. The van der Waals surface area contributed by atoms with Crippen molar-refractivity contribution in [1.29, 1.82) is 0 Å². The topological polar surface area (TPSA) is 46.5 Å². The van der Waals surface area contributed by atoms with Gasteiger partial charge in [0.15, 0.2) is 6.10 Å². The molecule has 3 rings (SSSR count). The van der Waals surface area contributed by atoms with E-state index in [0.717, 1.165) is 0 Å². The number of aliphatic hydroxyl groups excluding tert-OH is 1. The van der Waals surface area contributed by atoms with E-state index in [1.165, 1.54) is 51.4 Å². The van der Waals surface area contributed by atoms with Gasteiger partial charge in [-0.1, -0.05) is 25.7 Å². The minimum Gasteiger partial charge on any atom is -0.457 e. The molecule has 3 nitrogen and oxygen atoms in total. The van der Waals surface area contributed by atoms with E-state index >= 15 is 0 Å². The van der Waals surface area contributed by atoms with Crippen molar-refractivity contribution in [2.45, 2.75) is 76.4 Å². The number of aliphatic hydroxyl groups is 1. The fourth-order valence-corrected chi connectivity index (χ4v) is 4.94. The first kappa shape index (κ1) is 12.5. The highest BCUT2D eigenvalue weighted by Gasteiger charge is 2.60. The molecule has 0 bridgehead atoms. The number of rotatable bonds is 1. The molecule has 3 fully saturated rings. The van der Waals surface area contributed by atoms with Crippen molar-refractivity contribution >= 4 is 5.97 Å². The summed E-state index contributed by atoms with van der Waals surface area (Å²) >= 11 is 0. The summed E-state index contributed by atoms with van der Waals surface area (Å²) in [7, 11) is 0. The summed E-state index contributed by atoms with van der Waals surface area (Å²) in [6.07, 6.45) is 9.66. The summed E-state index contributed by atoms with van der Waals surface area (Å²) in [5, 5.41) is 9.78. The van der Waals surface area contributed by atoms with Crippen LogP contribution in [0.5, 0.6) is 0 Å². The van der Waals surface area contributed by atoms with Crippen LogP contribution in [-0.4, -0.2) is 22.8 Å². The monoisotopic (exact) mass is 252 g/mol. The Kier molecular flexibility index (Phi) is 2.92. The molecule has 1 saturated heterocycles. The van der Waals surface area contributed by atoms with Crippen LogP contribution in [0, 0.1) is 11.3 Å². The Bertz CT molecular complexity index is 340. The summed E-state index contributed by atoms with van der Waals surface area (Å²) in [5.41, 5.74) is -0.272. The standard InChI is InChI=1S/C15H24O3/c1-14(10-12(16)13(17)18-14)15-8-4-2-6-11(15)7-3-5-9-15/h11-12,16H,2-10H2,1H3. The van der Waals surface area contributed by atoms with Crippen LogP contribution in [0.1, 0.15) is 64.7 Å². The largest absolute Gasteiger partial charge is 0.457 e. The van der Waals surface area contributed by atoms with Crippen molar-refractivity contribution in [3.05, 3.63) is 0 Å². The maximum absolute atomic E-state index is 11.6. The first-order valence-electron chi connectivity index (χ1n) is 7.48. The molecule has 0 aromatic heterocycles. The molecule has 102 valence electrons. The summed E-state index contributed by atoms with van der Waals surface area (Å²) < 4.78 is 5.67. The van der Waals surface area contributed by atoms with Gasteiger partial charge in [0, 0.05) is 11.8 Å². The van der Waals surface area contributed by atoms with Crippen molar-refractivity contribution in [2.24, 2.45) is 11.3 Å². The number of hydrogen-bond donors (Lipinski definition) is 1. The van der Waals surface area contributed by atoms with E-state index in [2.05, 4.69) is 6.92 Å². The smallest absolute Gasteiger partial charge is 0.335 e. The number of esters is 1. The van der Waals surface area contributed by atoms with Gasteiger partial charge in [-0.25, -0.2) is 4.79 Å². The summed E-state index contributed by atoms with van der Waals surface area (Å²) in [5.74, 6) is 0.296. The Morgan fingerprint density at radius 1 is 1.17 bits per heavy atom. The molecule has 1 heterocycles. The number of ether oxygens (including phenoxy) is 1. The van der Waals surface area contributed by atoms with Crippen LogP contribution in [-0.2, 0) is 9.53 Å². The molecule has 1 aliphatic heterocycles. The van der Waals surface area contributed by atoms with Crippen LogP contribution in [0.15, 0.2) is 0 Å². The van der Waals surface area contributed by atoms with Crippen LogP contribution in [0.25, 0.3) is 0 Å². The van der Waals surface area contributed by atoms with Gasteiger partial charge in [0.05, 0.1) is 0 Å². The lowest BCUT2D eigenvalue weighted by Crippen LogP contribution is -2.53. The summed E-state index contributed by atoms with van der Waals surface area (Å²) in [4.78, 5) is 11.6. The van der Waals surface area contributed by atoms with E-state index < -0.39 is 17.7 Å². The number of fused-ring (bicyclic) bond motifs is 1. The van der Waals surface area contributed by atoms with Crippen molar-refractivity contribution < 1.29 is 14.6 Å². The van der Waals surface area contributed by atoms with E-state index in [-0.39, 0.29) is 5.41 Å². The van der Waals surface area contributed by atoms with Gasteiger partial charge < -0.3 is 9.84 Å². The van der Waals surface area contributed by atoms with Gasteiger partial charge in [0.1, 0.15) is 5.60 Å². The van der Waals surface area contributed by atoms with Crippen LogP contribution in [0.3, 0.4) is 0 Å². The fourth-order valence-electron chi connectivity index (χ4n) is 4.94. The zero-order chi connectivity index (χ0) is 12.8. The molecule has 0 spiro atoms. The second-order valence-corrected chi connectivity index (χ2v) is 6.72. The van der Waals surface area contributed by atoms with Gasteiger partial charge in [0.2, 0.25) is 0 Å². The molecule has 18 heavy (non-hydrogen) atoms. The van der Waals surface area contributed by atoms with Gasteiger partial charge in [-0.3, -0.25) is 0 Å². The first-order chi connectivity index (χ1) is 8.57. The van der Waals surface area contributed by atoms with E-state index in [0.29, 0.717) is 12.3 Å². The van der Waals surface area contributed by atoms with Gasteiger partial charge in [-0.05, 0) is 38.5 Å². The third-order valence-electron chi connectivity index (χ3n) is 5.87. The lowest BCUT2D eigenvalue weighted by molar-refractivity contribution is -0.176. The summed E-state index contributed by atoms with van der Waals surface area (Å²) in [6, 6.07) is 0. The molecule has 3 heteroatoms. The Labute approximate surface area is 109 Å². The minimum atomic E-state index is -0.895. The number of cyclic esters (lactones) is 1. The quantitative estimate of drug-likeness (QED) is 0.730. The van der Waals surface area contributed by atoms with Gasteiger partial charge in [0.25, 0.3) is 0 Å². The van der Waals surface area contributed by atoms with Crippen LogP contribution in [0.2, 0.25) is 0 Å². The number of carbonyl (C=O) groups is 1. The molecule has 2 aliphatic carbocycles. The minimum absolute atomic E-state index is 0.149. The SMILES string of the molecule is CC1(C23CCCCC2CCCC3)CC(O)C(=O)O1. The van der Waals surface area contributed by atoms with Crippen molar-refractivity contribution in [3.63, 3.8) is 0 Å². The zero-order valence-corrected chi connectivity index (χ0v) is 11.3. The summed E-state index contributed by atoms with van der Waals surface area (Å²) in [6.45, 7) is 2.07. The predicted molar refractivity (Wildman–Crippen MR) is 68.0 cm³/mol. The molecule has 3 aliphatic rings. The highest BCUT2D eigenvalue weighted by atomic mass is 16.6. The van der Waals surface area contributed by atoms with E-state index in [4.69, 9.17) is 4.74 Å². The van der Waals surface area contributed by atoms with Gasteiger partial charge in [-0.2, -0.15) is 0 Å². The lowest BCUT2D eigenvalue weighted by Gasteiger charge is -2.55. The highest BCUT2D eigenvalue weighted by Crippen LogP contribution is 2.60. The Hall–Kier alpha value is -0.570.